The highest BCUT2D eigenvalue weighted by atomic mass is 16.2. The summed E-state index contributed by atoms with van der Waals surface area (Å²) >= 11 is 0. The molecule has 2 saturated heterocycles. The third-order valence-corrected chi connectivity index (χ3v) is 5.74. The summed E-state index contributed by atoms with van der Waals surface area (Å²) in [6.45, 7) is 4.15. The molecule has 0 atom stereocenters. The number of benzene rings is 1. The number of carbonyl (C=O) groups is 1. The lowest BCUT2D eigenvalue weighted by Crippen LogP contribution is -2.44. The summed E-state index contributed by atoms with van der Waals surface area (Å²) in [5, 5.41) is 0. The van der Waals surface area contributed by atoms with Gasteiger partial charge in [0.2, 0.25) is 0 Å². The summed E-state index contributed by atoms with van der Waals surface area (Å²) in [5.74, 6) is 0.137. The Kier molecular flexibility index (Phi) is 3.93. The minimum atomic E-state index is 0.137. The lowest BCUT2D eigenvalue weighted by Gasteiger charge is -2.39. The van der Waals surface area contributed by atoms with Crippen LogP contribution in [0.2, 0.25) is 0 Å². The van der Waals surface area contributed by atoms with E-state index in [4.69, 9.17) is 0 Å². The number of nitrogens with zero attached hydrogens (tertiary/aromatic N) is 2. The molecule has 2 aromatic rings. The molecular formula is C20H25N3O. The lowest BCUT2D eigenvalue weighted by molar-refractivity contribution is 0.0589. The predicted octanol–water partition coefficient (Wildman–Crippen LogP) is 3.24. The van der Waals surface area contributed by atoms with Gasteiger partial charge in [0.05, 0.1) is 0 Å². The van der Waals surface area contributed by atoms with E-state index in [9.17, 15) is 4.79 Å². The normalized spacial score (nSPS) is 20.6. The first-order valence-electron chi connectivity index (χ1n) is 8.88. The van der Waals surface area contributed by atoms with Crippen LogP contribution in [0.5, 0.6) is 0 Å². The Balaban J connectivity index is 1.43. The molecule has 126 valence electrons. The van der Waals surface area contributed by atoms with Gasteiger partial charge in [0.25, 0.3) is 5.91 Å². The minimum absolute atomic E-state index is 0.137. The van der Waals surface area contributed by atoms with E-state index in [1.165, 1.54) is 19.5 Å². The minimum Gasteiger partial charge on any atom is -0.351 e. The molecule has 4 rings (SSSR count). The van der Waals surface area contributed by atoms with Crippen molar-refractivity contribution in [3.8, 4) is 11.3 Å². The van der Waals surface area contributed by atoms with Crippen molar-refractivity contribution in [3.05, 3.63) is 48.2 Å². The van der Waals surface area contributed by atoms with Gasteiger partial charge in [0, 0.05) is 25.3 Å². The van der Waals surface area contributed by atoms with Crippen molar-refractivity contribution < 1.29 is 4.79 Å². The zero-order valence-corrected chi connectivity index (χ0v) is 14.3. The van der Waals surface area contributed by atoms with Gasteiger partial charge in [-0.1, -0.05) is 30.3 Å². The maximum Gasteiger partial charge on any atom is 0.270 e. The Bertz CT molecular complexity index is 713. The predicted molar refractivity (Wildman–Crippen MR) is 95.9 cm³/mol. The Morgan fingerprint density at radius 3 is 2.38 bits per heavy atom. The number of likely N-dealkylation sites (tertiary alicyclic amines) is 2. The van der Waals surface area contributed by atoms with Crippen molar-refractivity contribution in [2.75, 3.05) is 33.2 Å². The lowest BCUT2D eigenvalue weighted by atomic mass is 9.78. The van der Waals surface area contributed by atoms with Crippen LogP contribution in [0, 0.1) is 5.41 Å². The SMILES string of the molecule is CN1CCC2(CCN(C(=O)c3ccc(-c4ccccc4)[nH]3)CC2)C1. The number of carbonyl (C=O) groups excluding carboxylic acids is 1. The van der Waals surface area contributed by atoms with Crippen molar-refractivity contribution in [2.45, 2.75) is 19.3 Å². The average Bonchev–Trinajstić information content (AvgIpc) is 3.24. The fourth-order valence-electron chi connectivity index (χ4n) is 4.23. The first kappa shape index (κ1) is 15.5. The number of hydrogen-bond donors (Lipinski definition) is 1. The Labute approximate surface area is 143 Å². The fraction of sp³-hybridized carbons (Fsp3) is 0.450. The zero-order chi connectivity index (χ0) is 16.6. The molecule has 2 aliphatic rings. The quantitative estimate of drug-likeness (QED) is 0.921. The molecule has 0 unspecified atom stereocenters. The van der Waals surface area contributed by atoms with Crippen molar-refractivity contribution in [1.82, 2.24) is 14.8 Å². The van der Waals surface area contributed by atoms with Gasteiger partial charge in [0.15, 0.2) is 0 Å². The molecule has 0 bridgehead atoms. The van der Waals surface area contributed by atoms with Gasteiger partial charge in [-0.25, -0.2) is 0 Å². The molecule has 1 aromatic carbocycles. The molecule has 2 fully saturated rings. The molecular weight excluding hydrogens is 298 g/mol. The summed E-state index contributed by atoms with van der Waals surface area (Å²) in [6, 6.07) is 14.1. The van der Waals surface area contributed by atoms with Gasteiger partial charge in [0.1, 0.15) is 5.69 Å². The molecule has 3 heterocycles. The van der Waals surface area contributed by atoms with E-state index in [0.717, 1.165) is 37.2 Å². The molecule has 4 heteroatoms. The molecule has 1 aromatic heterocycles. The molecule has 4 nitrogen and oxygen atoms in total. The molecule has 0 radical (unpaired) electrons. The van der Waals surface area contributed by atoms with Crippen LogP contribution >= 0.6 is 0 Å². The van der Waals surface area contributed by atoms with Crippen molar-refractivity contribution in [1.29, 1.82) is 0 Å². The smallest absolute Gasteiger partial charge is 0.270 e. The van der Waals surface area contributed by atoms with Gasteiger partial charge in [-0.05, 0) is 56.0 Å². The topological polar surface area (TPSA) is 39.3 Å². The highest BCUT2D eigenvalue weighted by molar-refractivity contribution is 5.93. The van der Waals surface area contributed by atoms with E-state index in [1.807, 2.05) is 35.2 Å². The third kappa shape index (κ3) is 2.86. The second-order valence-corrected chi connectivity index (χ2v) is 7.43. The number of H-pyrrole nitrogens is 1. The van der Waals surface area contributed by atoms with Crippen LogP contribution in [0.4, 0.5) is 0 Å². The molecule has 2 aliphatic heterocycles. The van der Waals surface area contributed by atoms with Gasteiger partial charge < -0.3 is 14.8 Å². The van der Waals surface area contributed by atoms with Crippen LogP contribution in [-0.4, -0.2) is 53.9 Å². The number of hydrogen-bond acceptors (Lipinski definition) is 2. The molecule has 1 amide bonds. The summed E-state index contributed by atoms with van der Waals surface area (Å²) in [7, 11) is 2.20. The molecule has 0 aliphatic carbocycles. The van der Waals surface area contributed by atoms with Crippen molar-refractivity contribution in [2.24, 2.45) is 5.41 Å². The maximum atomic E-state index is 12.8. The Morgan fingerprint density at radius 2 is 1.71 bits per heavy atom. The van der Waals surface area contributed by atoms with Crippen LogP contribution in [0.25, 0.3) is 11.3 Å². The maximum absolute atomic E-state index is 12.8. The van der Waals surface area contributed by atoms with Gasteiger partial charge >= 0.3 is 0 Å². The first-order chi connectivity index (χ1) is 11.7. The van der Waals surface area contributed by atoms with Crippen LogP contribution in [0.15, 0.2) is 42.5 Å². The number of amides is 1. The summed E-state index contributed by atoms with van der Waals surface area (Å²) in [6.07, 6.45) is 3.55. The summed E-state index contributed by atoms with van der Waals surface area (Å²) < 4.78 is 0. The molecule has 0 saturated carbocycles. The van der Waals surface area contributed by atoms with Gasteiger partial charge in [-0.2, -0.15) is 0 Å². The van der Waals surface area contributed by atoms with Crippen molar-refractivity contribution in [3.63, 3.8) is 0 Å². The van der Waals surface area contributed by atoms with Crippen LogP contribution in [-0.2, 0) is 0 Å². The van der Waals surface area contributed by atoms with Crippen molar-refractivity contribution >= 4 is 5.91 Å². The fourth-order valence-corrected chi connectivity index (χ4v) is 4.23. The van der Waals surface area contributed by atoms with E-state index in [-0.39, 0.29) is 5.91 Å². The monoisotopic (exact) mass is 323 g/mol. The zero-order valence-electron chi connectivity index (χ0n) is 14.3. The molecule has 1 spiro atoms. The summed E-state index contributed by atoms with van der Waals surface area (Å²) in [5.41, 5.74) is 3.28. The van der Waals surface area contributed by atoms with Gasteiger partial charge in [-0.3, -0.25) is 4.79 Å². The third-order valence-electron chi connectivity index (χ3n) is 5.74. The number of aromatic nitrogens is 1. The average molecular weight is 323 g/mol. The van der Waals surface area contributed by atoms with Crippen LogP contribution in [0.3, 0.4) is 0 Å². The number of rotatable bonds is 2. The van der Waals surface area contributed by atoms with E-state index in [2.05, 4.69) is 29.1 Å². The van der Waals surface area contributed by atoms with E-state index in [0.29, 0.717) is 11.1 Å². The van der Waals surface area contributed by atoms with Crippen LogP contribution < -0.4 is 0 Å². The number of piperidine rings is 1. The summed E-state index contributed by atoms with van der Waals surface area (Å²) in [4.78, 5) is 20.5. The van der Waals surface area contributed by atoms with E-state index >= 15 is 0 Å². The Morgan fingerprint density at radius 1 is 1.00 bits per heavy atom. The second kappa shape index (κ2) is 6.10. The van der Waals surface area contributed by atoms with Gasteiger partial charge in [-0.15, -0.1) is 0 Å². The van der Waals surface area contributed by atoms with Crippen LogP contribution in [0.1, 0.15) is 29.8 Å². The van der Waals surface area contributed by atoms with E-state index < -0.39 is 0 Å². The molecule has 24 heavy (non-hydrogen) atoms. The molecule has 1 N–H and O–H groups in total. The first-order valence-corrected chi connectivity index (χ1v) is 8.88. The standard InChI is InChI=1S/C20H25N3O/c1-22-12-9-20(15-22)10-13-23(14-11-20)19(24)18-8-7-17(21-18)16-5-3-2-4-6-16/h2-8,21H,9-15H2,1H3. The highest BCUT2D eigenvalue weighted by Crippen LogP contribution is 2.40. The second-order valence-electron chi connectivity index (χ2n) is 7.43. The number of nitrogens with one attached hydrogen (secondary N) is 1. The van der Waals surface area contributed by atoms with E-state index in [1.54, 1.807) is 0 Å². The number of aromatic amines is 1. The highest BCUT2D eigenvalue weighted by Gasteiger charge is 2.40. The largest absolute Gasteiger partial charge is 0.351 e. The Hall–Kier alpha value is -2.07.